The van der Waals surface area contributed by atoms with Crippen molar-refractivity contribution in [2.75, 3.05) is 48.8 Å². The normalized spacial score (nSPS) is 16.7. The van der Waals surface area contributed by atoms with Crippen LogP contribution in [0.3, 0.4) is 0 Å². The Morgan fingerprint density at radius 3 is 2.40 bits per heavy atom. The predicted octanol–water partition coefficient (Wildman–Crippen LogP) is 1.72. The van der Waals surface area contributed by atoms with Crippen LogP contribution in [0.15, 0.2) is 53.4 Å². The van der Waals surface area contributed by atoms with Gasteiger partial charge in [0.1, 0.15) is 0 Å². The fourth-order valence-electron chi connectivity index (χ4n) is 3.99. The van der Waals surface area contributed by atoms with Crippen LogP contribution in [0.2, 0.25) is 0 Å². The second-order valence-corrected chi connectivity index (χ2v) is 9.80. The number of fused-ring (bicyclic) bond motifs is 1. The maximum absolute atomic E-state index is 12.7. The van der Waals surface area contributed by atoms with Gasteiger partial charge in [-0.3, -0.25) is 9.59 Å². The molecule has 7 nitrogen and oxygen atoms in total. The van der Waals surface area contributed by atoms with Gasteiger partial charge in [-0.25, -0.2) is 8.42 Å². The number of nitrogens with zero attached hydrogens (tertiary/aromatic N) is 3. The standard InChI is InChI=1S/C22H25N3O4S/c1-23-20-8-7-19(15-17(20)16-22(23)27)30(28,29)14-9-21(26)25-12-10-24(11-13-25)18-5-3-2-4-6-18/h2-8,15H,9-14,16H2,1H3. The number of carbonyl (C=O) groups is 2. The summed E-state index contributed by atoms with van der Waals surface area (Å²) in [5.41, 5.74) is 2.59. The van der Waals surface area contributed by atoms with Crippen LogP contribution in [0, 0.1) is 0 Å². The highest BCUT2D eigenvalue weighted by molar-refractivity contribution is 7.91. The van der Waals surface area contributed by atoms with Crippen LogP contribution in [0.5, 0.6) is 0 Å². The molecule has 0 aliphatic carbocycles. The molecule has 1 fully saturated rings. The fraction of sp³-hybridized carbons (Fsp3) is 0.364. The van der Waals surface area contributed by atoms with Gasteiger partial charge in [-0.2, -0.15) is 0 Å². The lowest BCUT2D eigenvalue weighted by molar-refractivity contribution is -0.131. The van der Waals surface area contributed by atoms with E-state index in [1.165, 1.54) is 11.0 Å². The molecule has 1 saturated heterocycles. The van der Waals surface area contributed by atoms with Crippen molar-refractivity contribution in [2.45, 2.75) is 17.7 Å². The van der Waals surface area contributed by atoms with Crippen LogP contribution in [0.1, 0.15) is 12.0 Å². The van der Waals surface area contributed by atoms with Gasteiger partial charge >= 0.3 is 0 Å². The molecular weight excluding hydrogens is 402 g/mol. The lowest BCUT2D eigenvalue weighted by Gasteiger charge is -2.36. The summed E-state index contributed by atoms with van der Waals surface area (Å²) in [5.74, 6) is -0.417. The zero-order valence-electron chi connectivity index (χ0n) is 17.0. The minimum absolute atomic E-state index is 0.0381. The topological polar surface area (TPSA) is 78.0 Å². The van der Waals surface area contributed by atoms with Gasteiger partial charge in [0.05, 0.1) is 17.1 Å². The molecule has 2 aliphatic heterocycles. The number of benzene rings is 2. The van der Waals surface area contributed by atoms with Crippen molar-refractivity contribution < 1.29 is 18.0 Å². The van der Waals surface area contributed by atoms with Crippen LogP contribution in [0.4, 0.5) is 11.4 Å². The molecular formula is C22H25N3O4S. The average molecular weight is 428 g/mol. The number of hydrogen-bond acceptors (Lipinski definition) is 5. The first-order chi connectivity index (χ1) is 14.3. The lowest BCUT2D eigenvalue weighted by atomic mass is 10.2. The Bertz CT molecular complexity index is 1060. The first-order valence-electron chi connectivity index (χ1n) is 10.1. The largest absolute Gasteiger partial charge is 0.368 e. The van der Waals surface area contributed by atoms with Gasteiger partial charge in [-0.1, -0.05) is 18.2 Å². The van der Waals surface area contributed by atoms with Crippen molar-refractivity contribution in [2.24, 2.45) is 0 Å². The Labute approximate surface area is 176 Å². The van der Waals surface area contributed by atoms with E-state index < -0.39 is 9.84 Å². The molecule has 4 rings (SSSR count). The van der Waals surface area contributed by atoms with Crippen LogP contribution in [0.25, 0.3) is 0 Å². The third-order valence-electron chi connectivity index (χ3n) is 5.83. The Morgan fingerprint density at radius 2 is 1.70 bits per heavy atom. The maximum atomic E-state index is 12.7. The van der Waals surface area contributed by atoms with E-state index >= 15 is 0 Å². The van der Waals surface area contributed by atoms with E-state index in [0.29, 0.717) is 18.7 Å². The molecule has 0 saturated carbocycles. The number of para-hydroxylation sites is 1. The van der Waals surface area contributed by atoms with E-state index in [9.17, 15) is 18.0 Å². The monoisotopic (exact) mass is 427 g/mol. The van der Waals surface area contributed by atoms with Gasteiger partial charge in [0, 0.05) is 51.0 Å². The van der Waals surface area contributed by atoms with E-state index in [-0.39, 0.29) is 35.3 Å². The SMILES string of the molecule is CN1C(=O)Cc2cc(S(=O)(=O)CCC(=O)N3CCN(c4ccccc4)CC3)ccc21. The number of hydrogen-bond donors (Lipinski definition) is 0. The third kappa shape index (κ3) is 4.05. The van der Waals surface area contributed by atoms with Gasteiger partial charge in [0.25, 0.3) is 0 Å². The number of sulfone groups is 1. The zero-order valence-corrected chi connectivity index (χ0v) is 17.8. The highest BCUT2D eigenvalue weighted by Crippen LogP contribution is 2.30. The second-order valence-electron chi connectivity index (χ2n) is 7.69. The lowest BCUT2D eigenvalue weighted by Crippen LogP contribution is -2.49. The molecule has 2 aliphatic rings. The summed E-state index contributed by atoms with van der Waals surface area (Å²) >= 11 is 0. The summed E-state index contributed by atoms with van der Waals surface area (Å²) in [6.07, 6.45) is 0.170. The Morgan fingerprint density at radius 1 is 1.00 bits per heavy atom. The van der Waals surface area contributed by atoms with E-state index in [2.05, 4.69) is 4.90 Å². The number of rotatable bonds is 5. The molecule has 0 radical (unpaired) electrons. The highest BCUT2D eigenvalue weighted by Gasteiger charge is 2.27. The van der Waals surface area contributed by atoms with E-state index in [1.807, 2.05) is 30.3 Å². The number of likely N-dealkylation sites (N-methyl/N-ethyl adjacent to an activating group) is 1. The average Bonchev–Trinajstić information content (AvgIpc) is 3.06. The van der Waals surface area contributed by atoms with Crippen LogP contribution >= 0.6 is 0 Å². The van der Waals surface area contributed by atoms with Crippen LogP contribution < -0.4 is 9.80 Å². The molecule has 0 bridgehead atoms. The van der Waals surface area contributed by atoms with Crippen LogP contribution in [-0.4, -0.2) is 64.1 Å². The van der Waals surface area contributed by atoms with Crippen molar-refractivity contribution in [3.8, 4) is 0 Å². The summed E-state index contributed by atoms with van der Waals surface area (Å²) in [4.78, 5) is 30.1. The van der Waals surface area contributed by atoms with Gasteiger partial charge in [-0.05, 0) is 35.9 Å². The van der Waals surface area contributed by atoms with Gasteiger partial charge in [0.15, 0.2) is 9.84 Å². The van der Waals surface area contributed by atoms with Gasteiger partial charge < -0.3 is 14.7 Å². The molecule has 2 aromatic carbocycles. The van der Waals surface area contributed by atoms with Gasteiger partial charge in [0.2, 0.25) is 11.8 Å². The molecule has 2 heterocycles. The molecule has 0 N–H and O–H groups in total. The summed E-state index contributed by atoms with van der Waals surface area (Å²) in [7, 11) is -1.91. The minimum Gasteiger partial charge on any atom is -0.368 e. The van der Waals surface area contributed by atoms with Gasteiger partial charge in [-0.15, -0.1) is 0 Å². The molecule has 2 aromatic rings. The number of carbonyl (C=O) groups excluding carboxylic acids is 2. The van der Waals surface area contributed by atoms with Crippen molar-refractivity contribution in [3.63, 3.8) is 0 Å². The molecule has 0 spiro atoms. The quantitative estimate of drug-likeness (QED) is 0.726. The number of anilines is 2. The molecule has 30 heavy (non-hydrogen) atoms. The molecule has 0 unspecified atom stereocenters. The Kier molecular flexibility index (Phi) is 5.51. The second kappa shape index (κ2) is 8.10. The minimum atomic E-state index is -3.59. The molecule has 2 amide bonds. The third-order valence-corrected chi connectivity index (χ3v) is 7.54. The summed E-state index contributed by atoms with van der Waals surface area (Å²) in [6, 6.07) is 14.8. The molecule has 8 heteroatoms. The summed E-state index contributed by atoms with van der Waals surface area (Å²) in [6.45, 7) is 2.63. The predicted molar refractivity (Wildman–Crippen MR) is 115 cm³/mol. The smallest absolute Gasteiger partial charge is 0.231 e. The fourth-order valence-corrected chi connectivity index (χ4v) is 5.27. The number of amides is 2. The van der Waals surface area contributed by atoms with E-state index in [1.54, 1.807) is 24.1 Å². The first kappa shape index (κ1) is 20.4. The van der Waals surface area contributed by atoms with Crippen molar-refractivity contribution >= 4 is 33.0 Å². The first-order valence-corrected chi connectivity index (χ1v) is 11.7. The number of piperazine rings is 1. The highest BCUT2D eigenvalue weighted by atomic mass is 32.2. The van der Waals surface area contributed by atoms with Crippen molar-refractivity contribution in [1.82, 2.24) is 4.90 Å². The summed E-state index contributed by atoms with van der Waals surface area (Å²) < 4.78 is 25.5. The van der Waals surface area contributed by atoms with Crippen molar-refractivity contribution in [1.29, 1.82) is 0 Å². The molecule has 0 aromatic heterocycles. The Hall–Kier alpha value is -2.87. The maximum Gasteiger partial charge on any atom is 0.231 e. The van der Waals surface area contributed by atoms with Crippen molar-refractivity contribution in [3.05, 3.63) is 54.1 Å². The summed E-state index contributed by atoms with van der Waals surface area (Å²) in [5, 5.41) is 0. The Balaban J connectivity index is 1.34. The van der Waals surface area contributed by atoms with E-state index in [0.717, 1.165) is 24.5 Å². The zero-order chi connectivity index (χ0) is 21.3. The molecule has 158 valence electrons. The molecule has 0 atom stereocenters. The van der Waals surface area contributed by atoms with Crippen LogP contribution in [-0.2, 0) is 25.8 Å². The van der Waals surface area contributed by atoms with E-state index in [4.69, 9.17) is 0 Å².